The van der Waals surface area contributed by atoms with Crippen LogP contribution in [0.2, 0.25) is 5.02 Å². The van der Waals surface area contributed by atoms with Gasteiger partial charge in [-0.25, -0.2) is 0 Å². The molecular formula is C18H11ClO3. The van der Waals surface area contributed by atoms with Gasteiger partial charge in [0.25, 0.3) is 0 Å². The number of hydrogen-bond donors (Lipinski definition) is 0. The summed E-state index contributed by atoms with van der Waals surface area (Å²) in [5.74, 6) is -0.665. The maximum Gasteiger partial charge on any atom is 0.197 e. The van der Waals surface area contributed by atoms with Crippen molar-refractivity contribution in [3.05, 3.63) is 81.4 Å². The molecule has 0 N–H and O–H groups in total. The summed E-state index contributed by atoms with van der Waals surface area (Å²) in [6.07, 6.45) is 0.700. The minimum absolute atomic E-state index is 0.0568. The van der Waals surface area contributed by atoms with E-state index in [4.69, 9.17) is 11.6 Å². The molecule has 0 saturated heterocycles. The lowest BCUT2D eigenvalue weighted by atomic mass is 9.82. The number of halogens is 1. The average Bonchev–Trinajstić information content (AvgIpc) is 2.55. The highest BCUT2D eigenvalue weighted by Crippen LogP contribution is 2.27. The second-order valence-corrected chi connectivity index (χ2v) is 5.45. The minimum Gasteiger partial charge on any atom is -0.298 e. The molecular weight excluding hydrogens is 300 g/mol. The summed E-state index contributed by atoms with van der Waals surface area (Å²) in [7, 11) is 0. The molecule has 0 aromatic heterocycles. The lowest BCUT2D eigenvalue weighted by Gasteiger charge is -2.18. The van der Waals surface area contributed by atoms with Crippen LogP contribution in [0.1, 0.15) is 26.3 Å². The molecule has 0 saturated carbocycles. The topological polar surface area (TPSA) is 51.2 Å². The first-order valence-electron chi connectivity index (χ1n) is 6.73. The normalized spacial score (nSPS) is 14.0. The molecule has 108 valence electrons. The first-order valence-corrected chi connectivity index (χ1v) is 7.11. The summed E-state index contributed by atoms with van der Waals surface area (Å²) >= 11 is 5.84. The number of allylic oxidation sites excluding steroid dienone is 2. The first-order chi connectivity index (χ1) is 10.6. The van der Waals surface area contributed by atoms with Crippen molar-refractivity contribution in [3.8, 4) is 0 Å². The monoisotopic (exact) mass is 310 g/mol. The van der Waals surface area contributed by atoms with E-state index in [1.807, 2.05) is 0 Å². The Labute approximate surface area is 132 Å². The van der Waals surface area contributed by atoms with Crippen molar-refractivity contribution in [2.45, 2.75) is 6.42 Å². The molecule has 0 atom stereocenters. The van der Waals surface area contributed by atoms with Crippen molar-refractivity contribution in [3.63, 3.8) is 0 Å². The summed E-state index contributed by atoms with van der Waals surface area (Å²) < 4.78 is 0. The SMILES string of the molecule is O=CC1=C(Cc2ccc(Cl)cc2)C(=O)c2ccccc2C1=O. The summed E-state index contributed by atoms with van der Waals surface area (Å²) in [6, 6.07) is 13.5. The molecule has 0 amide bonds. The summed E-state index contributed by atoms with van der Waals surface area (Å²) in [6.45, 7) is 0. The van der Waals surface area contributed by atoms with Crippen molar-refractivity contribution in [1.82, 2.24) is 0 Å². The fourth-order valence-electron chi connectivity index (χ4n) is 2.55. The Balaban J connectivity index is 2.08. The van der Waals surface area contributed by atoms with Gasteiger partial charge in [-0.2, -0.15) is 0 Å². The molecule has 22 heavy (non-hydrogen) atoms. The third kappa shape index (κ3) is 2.40. The van der Waals surface area contributed by atoms with Gasteiger partial charge in [-0.3, -0.25) is 14.4 Å². The zero-order chi connectivity index (χ0) is 15.7. The lowest BCUT2D eigenvalue weighted by Crippen LogP contribution is -2.24. The molecule has 4 heteroatoms. The van der Waals surface area contributed by atoms with Gasteiger partial charge in [0.2, 0.25) is 0 Å². The van der Waals surface area contributed by atoms with E-state index in [0.29, 0.717) is 16.9 Å². The molecule has 0 aliphatic heterocycles. The Morgan fingerprint density at radius 2 is 1.45 bits per heavy atom. The number of Topliss-reactive ketones (excluding diaryl/α,β-unsaturated/α-hetero) is 2. The van der Waals surface area contributed by atoms with Crippen LogP contribution in [-0.2, 0) is 11.2 Å². The Morgan fingerprint density at radius 1 is 0.864 bits per heavy atom. The van der Waals surface area contributed by atoms with Crippen LogP contribution in [0.5, 0.6) is 0 Å². The summed E-state index contributed by atoms with van der Waals surface area (Å²) in [4.78, 5) is 36.3. The molecule has 3 rings (SSSR count). The zero-order valence-corrected chi connectivity index (χ0v) is 12.3. The van der Waals surface area contributed by atoms with Gasteiger partial charge in [0.15, 0.2) is 17.9 Å². The van der Waals surface area contributed by atoms with E-state index in [0.717, 1.165) is 5.56 Å². The highest BCUT2D eigenvalue weighted by molar-refractivity contribution is 6.33. The fraction of sp³-hybridized carbons (Fsp3) is 0.0556. The number of carbonyl (C=O) groups excluding carboxylic acids is 3. The Hall–Kier alpha value is -2.52. The van der Waals surface area contributed by atoms with Gasteiger partial charge in [0.1, 0.15) is 0 Å². The van der Waals surface area contributed by atoms with E-state index in [1.165, 1.54) is 0 Å². The van der Waals surface area contributed by atoms with Crippen molar-refractivity contribution >= 4 is 29.5 Å². The molecule has 1 aliphatic rings. The molecule has 2 aromatic carbocycles. The first kappa shape index (κ1) is 14.4. The molecule has 0 fully saturated rings. The van der Waals surface area contributed by atoms with E-state index in [2.05, 4.69) is 0 Å². The third-order valence-corrected chi connectivity index (χ3v) is 3.92. The van der Waals surface area contributed by atoms with E-state index in [9.17, 15) is 14.4 Å². The smallest absolute Gasteiger partial charge is 0.197 e. The van der Waals surface area contributed by atoms with Crippen molar-refractivity contribution in [2.75, 3.05) is 0 Å². The van der Waals surface area contributed by atoms with Gasteiger partial charge in [0, 0.05) is 28.1 Å². The molecule has 2 aromatic rings. The molecule has 3 nitrogen and oxygen atoms in total. The maximum absolute atomic E-state index is 12.6. The maximum atomic E-state index is 12.6. The number of aldehydes is 1. The Bertz CT molecular complexity index is 816. The number of fused-ring (bicyclic) bond motifs is 1. The molecule has 0 radical (unpaired) electrons. The predicted molar refractivity (Wildman–Crippen MR) is 83.3 cm³/mol. The minimum atomic E-state index is -0.394. The number of carbonyl (C=O) groups is 3. The summed E-state index contributed by atoms with van der Waals surface area (Å²) in [5.41, 5.74) is 1.63. The standard InChI is InChI=1S/C18H11ClO3/c19-12-7-5-11(6-8-12)9-15-16(10-20)18(22)14-4-2-1-3-13(14)17(15)21/h1-8,10H,9H2. The van der Waals surface area contributed by atoms with E-state index in [-0.39, 0.29) is 28.9 Å². The van der Waals surface area contributed by atoms with Gasteiger partial charge in [-0.05, 0) is 17.7 Å². The lowest BCUT2D eigenvalue weighted by molar-refractivity contribution is -0.104. The van der Waals surface area contributed by atoms with Crippen LogP contribution < -0.4 is 0 Å². The Morgan fingerprint density at radius 3 is 2.05 bits per heavy atom. The van der Waals surface area contributed by atoms with Gasteiger partial charge in [-0.15, -0.1) is 0 Å². The van der Waals surface area contributed by atoms with Crippen molar-refractivity contribution in [1.29, 1.82) is 0 Å². The Kier molecular flexibility index (Phi) is 3.73. The van der Waals surface area contributed by atoms with Crippen molar-refractivity contribution in [2.24, 2.45) is 0 Å². The molecule has 1 aliphatic carbocycles. The van der Waals surface area contributed by atoms with Gasteiger partial charge in [-0.1, -0.05) is 48.0 Å². The highest BCUT2D eigenvalue weighted by Gasteiger charge is 2.31. The van der Waals surface area contributed by atoms with Crippen LogP contribution in [-0.4, -0.2) is 17.9 Å². The molecule has 0 unspecified atom stereocenters. The highest BCUT2D eigenvalue weighted by atomic mass is 35.5. The van der Waals surface area contributed by atoms with Gasteiger partial charge < -0.3 is 0 Å². The van der Waals surface area contributed by atoms with E-state index < -0.39 is 5.78 Å². The van der Waals surface area contributed by atoms with Crippen LogP contribution in [0, 0.1) is 0 Å². The zero-order valence-electron chi connectivity index (χ0n) is 11.5. The van der Waals surface area contributed by atoms with Crippen LogP contribution in [0.15, 0.2) is 59.7 Å². The predicted octanol–water partition coefficient (Wildman–Crippen LogP) is 3.46. The molecule has 0 spiro atoms. The number of benzene rings is 2. The fourth-order valence-corrected chi connectivity index (χ4v) is 2.68. The van der Waals surface area contributed by atoms with Crippen molar-refractivity contribution < 1.29 is 14.4 Å². The molecule has 0 heterocycles. The average molecular weight is 311 g/mol. The summed E-state index contributed by atoms with van der Waals surface area (Å²) in [5, 5.41) is 0.588. The van der Waals surface area contributed by atoms with Crippen LogP contribution >= 0.6 is 11.6 Å². The molecule has 0 bridgehead atoms. The van der Waals surface area contributed by atoms with Gasteiger partial charge >= 0.3 is 0 Å². The largest absolute Gasteiger partial charge is 0.298 e. The van der Waals surface area contributed by atoms with Crippen LogP contribution in [0.3, 0.4) is 0 Å². The second-order valence-electron chi connectivity index (χ2n) is 5.02. The number of ketones is 2. The number of rotatable bonds is 3. The van der Waals surface area contributed by atoms with Crippen LogP contribution in [0.25, 0.3) is 0 Å². The van der Waals surface area contributed by atoms with E-state index >= 15 is 0 Å². The van der Waals surface area contributed by atoms with E-state index in [1.54, 1.807) is 48.5 Å². The van der Waals surface area contributed by atoms with Crippen LogP contribution in [0.4, 0.5) is 0 Å². The number of hydrogen-bond acceptors (Lipinski definition) is 3. The third-order valence-electron chi connectivity index (χ3n) is 3.67. The second kappa shape index (κ2) is 5.70. The van der Waals surface area contributed by atoms with Gasteiger partial charge in [0.05, 0.1) is 5.57 Å². The quantitative estimate of drug-likeness (QED) is 0.644.